The molecule has 1 fully saturated rings. The Morgan fingerprint density at radius 2 is 1.94 bits per heavy atom. The normalized spacial score (nSPS) is 22.6. The summed E-state index contributed by atoms with van der Waals surface area (Å²) >= 11 is 0. The van der Waals surface area contributed by atoms with Crippen LogP contribution >= 0.6 is 0 Å². The minimum Gasteiger partial charge on any atom is -0.376 e. The van der Waals surface area contributed by atoms with Gasteiger partial charge in [-0.3, -0.25) is 0 Å². The van der Waals surface area contributed by atoms with E-state index in [4.69, 9.17) is 9.47 Å². The van der Waals surface area contributed by atoms with Crippen molar-refractivity contribution >= 4 is 0 Å². The van der Waals surface area contributed by atoms with E-state index in [0.29, 0.717) is 6.04 Å². The van der Waals surface area contributed by atoms with Crippen molar-refractivity contribution in [2.75, 3.05) is 26.4 Å². The maximum absolute atomic E-state index is 5.78. The van der Waals surface area contributed by atoms with Crippen LogP contribution in [0.1, 0.15) is 52.4 Å². The average molecular weight is 243 g/mol. The molecule has 0 bridgehead atoms. The van der Waals surface area contributed by atoms with Crippen LogP contribution in [0.25, 0.3) is 0 Å². The predicted molar refractivity (Wildman–Crippen MR) is 71.4 cm³/mol. The molecule has 102 valence electrons. The second-order valence-corrected chi connectivity index (χ2v) is 4.85. The van der Waals surface area contributed by atoms with Crippen LogP contribution in [0.5, 0.6) is 0 Å². The highest BCUT2D eigenvalue weighted by molar-refractivity contribution is 4.78. The molecule has 1 saturated heterocycles. The van der Waals surface area contributed by atoms with Gasteiger partial charge >= 0.3 is 0 Å². The van der Waals surface area contributed by atoms with Gasteiger partial charge in [0.1, 0.15) is 0 Å². The van der Waals surface area contributed by atoms with Gasteiger partial charge in [0, 0.05) is 6.04 Å². The van der Waals surface area contributed by atoms with Gasteiger partial charge < -0.3 is 14.8 Å². The van der Waals surface area contributed by atoms with Crippen LogP contribution in [0.15, 0.2) is 0 Å². The van der Waals surface area contributed by atoms with Gasteiger partial charge in [-0.2, -0.15) is 0 Å². The smallest absolute Gasteiger partial charge is 0.0962 e. The fourth-order valence-corrected chi connectivity index (χ4v) is 2.39. The van der Waals surface area contributed by atoms with Crippen molar-refractivity contribution in [3.8, 4) is 0 Å². The molecule has 1 aliphatic rings. The Morgan fingerprint density at radius 3 is 2.59 bits per heavy atom. The van der Waals surface area contributed by atoms with Crippen molar-refractivity contribution < 1.29 is 9.47 Å². The van der Waals surface area contributed by atoms with E-state index in [-0.39, 0.29) is 6.10 Å². The van der Waals surface area contributed by atoms with Crippen LogP contribution in [0.4, 0.5) is 0 Å². The summed E-state index contributed by atoms with van der Waals surface area (Å²) in [6, 6.07) is 0.474. The van der Waals surface area contributed by atoms with Crippen LogP contribution in [0.3, 0.4) is 0 Å². The fraction of sp³-hybridized carbons (Fsp3) is 1.00. The topological polar surface area (TPSA) is 30.5 Å². The molecule has 3 heteroatoms. The molecule has 1 N–H and O–H groups in total. The van der Waals surface area contributed by atoms with Crippen molar-refractivity contribution in [3.05, 3.63) is 0 Å². The first-order valence-electron chi connectivity index (χ1n) is 7.31. The molecule has 17 heavy (non-hydrogen) atoms. The Bertz CT molecular complexity index is 170. The monoisotopic (exact) mass is 243 g/mol. The summed E-state index contributed by atoms with van der Waals surface area (Å²) in [7, 11) is 0. The quantitative estimate of drug-likeness (QED) is 0.632. The first kappa shape index (κ1) is 14.9. The predicted octanol–water partition coefficient (Wildman–Crippen LogP) is 2.74. The molecule has 1 heterocycles. The van der Waals surface area contributed by atoms with E-state index < -0.39 is 0 Å². The highest BCUT2D eigenvalue weighted by Gasteiger charge is 2.23. The molecule has 0 aromatic carbocycles. The fourth-order valence-electron chi connectivity index (χ4n) is 2.39. The number of hydrogen-bond donors (Lipinski definition) is 1. The number of likely N-dealkylation sites (N-methyl/N-ethyl adjacent to an activating group) is 1. The highest BCUT2D eigenvalue weighted by Crippen LogP contribution is 2.13. The Balaban J connectivity index is 2.17. The third-order valence-corrected chi connectivity index (χ3v) is 3.38. The molecule has 2 unspecified atom stereocenters. The number of ether oxygens (including phenoxy) is 2. The van der Waals surface area contributed by atoms with Crippen molar-refractivity contribution in [2.45, 2.75) is 64.5 Å². The molecule has 1 rings (SSSR count). The van der Waals surface area contributed by atoms with Crippen LogP contribution in [0.2, 0.25) is 0 Å². The number of nitrogens with one attached hydrogen (secondary N) is 1. The first-order valence-corrected chi connectivity index (χ1v) is 7.31. The Kier molecular flexibility index (Phi) is 8.67. The van der Waals surface area contributed by atoms with Crippen molar-refractivity contribution in [1.29, 1.82) is 0 Å². The lowest BCUT2D eigenvalue weighted by Crippen LogP contribution is -2.46. The first-order chi connectivity index (χ1) is 8.38. The number of hydrogen-bond acceptors (Lipinski definition) is 3. The summed E-state index contributed by atoms with van der Waals surface area (Å²) < 4.78 is 11.3. The summed E-state index contributed by atoms with van der Waals surface area (Å²) in [4.78, 5) is 0. The van der Waals surface area contributed by atoms with Gasteiger partial charge in [-0.1, -0.05) is 46.0 Å². The van der Waals surface area contributed by atoms with E-state index in [2.05, 4.69) is 19.2 Å². The molecule has 2 atom stereocenters. The summed E-state index contributed by atoms with van der Waals surface area (Å²) in [5, 5.41) is 3.54. The second kappa shape index (κ2) is 9.86. The summed E-state index contributed by atoms with van der Waals surface area (Å²) in [6.45, 7) is 7.70. The van der Waals surface area contributed by atoms with Crippen LogP contribution in [-0.2, 0) is 9.47 Å². The minimum atomic E-state index is 0.259. The maximum Gasteiger partial charge on any atom is 0.0962 e. The van der Waals surface area contributed by atoms with E-state index in [1.807, 2.05) is 0 Å². The maximum atomic E-state index is 5.78. The molecule has 0 aliphatic carbocycles. The molecule has 0 saturated carbocycles. The van der Waals surface area contributed by atoms with Gasteiger partial charge in [0.15, 0.2) is 0 Å². The van der Waals surface area contributed by atoms with E-state index in [0.717, 1.165) is 26.4 Å². The lowest BCUT2D eigenvalue weighted by atomic mass is 10.0. The van der Waals surface area contributed by atoms with Crippen LogP contribution in [0, 0.1) is 0 Å². The molecule has 0 aromatic heterocycles. The van der Waals surface area contributed by atoms with E-state index in [1.165, 1.54) is 38.5 Å². The van der Waals surface area contributed by atoms with Gasteiger partial charge in [0.2, 0.25) is 0 Å². The SMILES string of the molecule is CCCCCCCC(NCC)C1COCCO1. The van der Waals surface area contributed by atoms with Crippen molar-refractivity contribution in [2.24, 2.45) is 0 Å². The summed E-state index contributed by atoms with van der Waals surface area (Å²) in [5.74, 6) is 0. The average Bonchev–Trinajstić information content (AvgIpc) is 2.38. The zero-order chi connectivity index (χ0) is 12.3. The Labute approximate surface area is 106 Å². The standard InChI is InChI=1S/C14H29NO2/c1-3-5-6-7-8-9-13(15-4-2)14-12-16-10-11-17-14/h13-15H,3-12H2,1-2H3. The number of unbranched alkanes of at least 4 members (excludes halogenated alkanes) is 4. The Morgan fingerprint density at radius 1 is 1.12 bits per heavy atom. The van der Waals surface area contributed by atoms with E-state index >= 15 is 0 Å². The van der Waals surface area contributed by atoms with Crippen LogP contribution in [-0.4, -0.2) is 38.5 Å². The zero-order valence-electron chi connectivity index (χ0n) is 11.5. The molecule has 0 spiro atoms. The molecule has 3 nitrogen and oxygen atoms in total. The third-order valence-electron chi connectivity index (χ3n) is 3.38. The number of rotatable bonds is 9. The van der Waals surface area contributed by atoms with Gasteiger partial charge in [-0.15, -0.1) is 0 Å². The largest absolute Gasteiger partial charge is 0.376 e. The lowest BCUT2D eigenvalue weighted by Gasteiger charge is -2.31. The van der Waals surface area contributed by atoms with Gasteiger partial charge in [-0.05, 0) is 13.0 Å². The van der Waals surface area contributed by atoms with Gasteiger partial charge in [0.05, 0.1) is 25.9 Å². The van der Waals surface area contributed by atoms with Crippen molar-refractivity contribution in [1.82, 2.24) is 5.32 Å². The summed E-state index contributed by atoms with van der Waals surface area (Å²) in [5.41, 5.74) is 0. The van der Waals surface area contributed by atoms with E-state index in [1.54, 1.807) is 0 Å². The molecule has 1 aliphatic heterocycles. The van der Waals surface area contributed by atoms with Crippen molar-refractivity contribution in [3.63, 3.8) is 0 Å². The molecular formula is C14H29NO2. The van der Waals surface area contributed by atoms with Crippen LogP contribution < -0.4 is 5.32 Å². The molecular weight excluding hydrogens is 214 g/mol. The van der Waals surface area contributed by atoms with E-state index in [9.17, 15) is 0 Å². The lowest BCUT2D eigenvalue weighted by molar-refractivity contribution is -0.102. The zero-order valence-corrected chi connectivity index (χ0v) is 11.5. The van der Waals surface area contributed by atoms with Gasteiger partial charge in [0.25, 0.3) is 0 Å². The molecule has 0 radical (unpaired) electrons. The third kappa shape index (κ3) is 6.39. The Hall–Kier alpha value is -0.120. The minimum absolute atomic E-state index is 0.259. The van der Waals surface area contributed by atoms with Gasteiger partial charge in [-0.25, -0.2) is 0 Å². The summed E-state index contributed by atoms with van der Waals surface area (Å²) in [6.07, 6.45) is 8.18. The highest BCUT2D eigenvalue weighted by atomic mass is 16.6. The second-order valence-electron chi connectivity index (χ2n) is 4.85. The molecule has 0 aromatic rings. The molecule has 0 amide bonds.